The SMILES string of the molecule is CN(CCOCC1CC1)C(CN)CC(C)(C)C. The molecule has 0 spiro atoms. The second kappa shape index (κ2) is 6.72. The third-order valence-electron chi connectivity index (χ3n) is 3.38. The van der Waals surface area contributed by atoms with Crippen LogP contribution in [-0.4, -0.2) is 44.3 Å². The first kappa shape index (κ1) is 14.9. The van der Waals surface area contributed by atoms with E-state index >= 15 is 0 Å². The van der Waals surface area contributed by atoms with Crippen LogP contribution in [0.15, 0.2) is 0 Å². The van der Waals surface area contributed by atoms with Gasteiger partial charge in [-0.2, -0.15) is 0 Å². The summed E-state index contributed by atoms with van der Waals surface area (Å²) < 4.78 is 5.67. The predicted molar refractivity (Wildman–Crippen MR) is 73.1 cm³/mol. The van der Waals surface area contributed by atoms with Crippen molar-refractivity contribution in [1.82, 2.24) is 4.90 Å². The first-order chi connectivity index (χ1) is 7.92. The molecule has 1 unspecified atom stereocenters. The fraction of sp³-hybridized carbons (Fsp3) is 1.00. The third kappa shape index (κ3) is 7.02. The van der Waals surface area contributed by atoms with Crippen LogP contribution in [-0.2, 0) is 4.74 Å². The molecule has 0 radical (unpaired) electrons. The maximum absolute atomic E-state index is 5.86. The van der Waals surface area contributed by atoms with Crippen molar-refractivity contribution in [3.8, 4) is 0 Å². The normalized spacial score (nSPS) is 18.7. The van der Waals surface area contributed by atoms with Crippen molar-refractivity contribution < 1.29 is 4.74 Å². The minimum absolute atomic E-state index is 0.340. The minimum atomic E-state index is 0.340. The summed E-state index contributed by atoms with van der Waals surface area (Å²) in [5.74, 6) is 0.861. The second-order valence-electron chi connectivity index (χ2n) is 6.65. The van der Waals surface area contributed by atoms with E-state index in [1.54, 1.807) is 0 Å². The van der Waals surface area contributed by atoms with E-state index < -0.39 is 0 Å². The van der Waals surface area contributed by atoms with Gasteiger partial charge >= 0.3 is 0 Å². The van der Waals surface area contributed by atoms with Crippen LogP contribution in [0.4, 0.5) is 0 Å². The highest BCUT2D eigenvalue weighted by atomic mass is 16.5. The number of nitrogens with zero attached hydrogens (tertiary/aromatic N) is 1. The Morgan fingerprint density at radius 3 is 2.47 bits per heavy atom. The minimum Gasteiger partial charge on any atom is -0.380 e. The van der Waals surface area contributed by atoms with E-state index in [1.807, 2.05) is 0 Å². The Bertz CT molecular complexity index is 209. The van der Waals surface area contributed by atoms with Gasteiger partial charge in [0.2, 0.25) is 0 Å². The Morgan fingerprint density at radius 2 is 2.00 bits per heavy atom. The molecule has 3 nitrogen and oxygen atoms in total. The van der Waals surface area contributed by atoms with Gasteiger partial charge < -0.3 is 10.5 Å². The van der Waals surface area contributed by atoms with Crippen LogP contribution >= 0.6 is 0 Å². The summed E-state index contributed by atoms with van der Waals surface area (Å²) in [6.45, 7) is 10.3. The van der Waals surface area contributed by atoms with Crippen molar-refractivity contribution in [2.24, 2.45) is 17.1 Å². The quantitative estimate of drug-likeness (QED) is 0.663. The highest BCUT2D eigenvalue weighted by Crippen LogP contribution is 2.28. The van der Waals surface area contributed by atoms with Crippen LogP contribution in [0.1, 0.15) is 40.0 Å². The molecule has 3 heteroatoms. The lowest BCUT2D eigenvalue weighted by Gasteiger charge is -2.32. The zero-order valence-electron chi connectivity index (χ0n) is 12.0. The van der Waals surface area contributed by atoms with E-state index in [9.17, 15) is 0 Å². The lowest BCUT2D eigenvalue weighted by atomic mass is 9.87. The van der Waals surface area contributed by atoms with Crippen molar-refractivity contribution in [2.75, 3.05) is 33.4 Å². The molecule has 1 fully saturated rings. The molecule has 0 aromatic rings. The van der Waals surface area contributed by atoms with Gasteiger partial charge in [-0.1, -0.05) is 20.8 Å². The molecule has 0 aromatic heterocycles. The Kier molecular flexibility index (Phi) is 5.90. The molecule has 1 aliphatic rings. The zero-order chi connectivity index (χ0) is 12.9. The van der Waals surface area contributed by atoms with E-state index in [1.165, 1.54) is 12.8 Å². The summed E-state index contributed by atoms with van der Waals surface area (Å²) in [5.41, 5.74) is 6.20. The summed E-state index contributed by atoms with van der Waals surface area (Å²) in [6.07, 6.45) is 3.87. The van der Waals surface area contributed by atoms with Gasteiger partial charge in [-0.3, -0.25) is 4.90 Å². The summed E-state index contributed by atoms with van der Waals surface area (Å²) >= 11 is 0. The number of hydrogen-bond donors (Lipinski definition) is 1. The molecule has 0 saturated heterocycles. The summed E-state index contributed by atoms with van der Waals surface area (Å²) in [5, 5.41) is 0. The molecule has 0 aliphatic heterocycles. The Labute approximate surface area is 107 Å². The van der Waals surface area contributed by atoms with Crippen LogP contribution in [0.5, 0.6) is 0 Å². The van der Waals surface area contributed by atoms with Gasteiger partial charge in [0.05, 0.1) is 6.61 Å². The first-order valence-corrected chi connectivity index (χ1v) is 6.90. The average molecular weight is 242 g/mol. The van der Waals surface area contributed by atoms with Crippen molar-refractivity contribution in [2.45, 2.75) is 46.1 Å². The van der Waals surface area contributed by atoms with E-state index in [-0.39, 0.29) is 0 Å². The molecule has 1 saturated carbocycles. The Balaban J connectivity index is 2.15. The predicted octanol–water partition coefficient (Wildman–Crippen LogP) is 2.11. The summed E-state index contributed by atoms with van der Waals surface area (Å²) in [6, 6.07) is 0.472. The monoisotopic (exact) mass is 242 g/mol. The lowest BCUT2D eigenvalue weighted by molar-refractivity contribution is 0.0842. The fourth-order valence-electron chi connectivity index (χ4n) is 2.05. The number of likely N-dealkylation sites (N-methyl/N-ethyl adjacent to an activating group) is 1. The van der Waals surface area contributed by atoms with Gasteiger partial charge in [-0.05, 0) is 37.6 Å². The molecule has 1 aliphatic carbocycles. The van der Waals surface area contributed by atoms with Crippen LogP contribution < -0.4 is 5.73 Å². The molecular formula is C14H30N2O. The maximum Gasteiger partial charge on any atom is 0.0593 e. The number of nitrogens with two attached hydrogens (primary N) is 1. The molecule has 0 aromatic carbocycles. The molecule has 0 bridgehead atoms. The van der Waals surface area contributed by atoms with E-state index in [4.69, 9.17) is 10.5 Å². The topological polar surface area (TPSA) is 38.5 Å². The van der Waals surface area contributed by atoms with Crippen LogP contribution in [0.2, 0.25) is 0 Å². The third-order valence-corrected chi connectivity index (χ3v) is 3.38. The molecule has 1 atom stereocenters. The Morgan fingerprint density at radius 1 is 1.35 bits per heavy atom. The Hall–Kier alpha value is -0.120. The molecule has 0 amide bonds. The zero-order valence-corrected chi connectivity index (χ0v) is 12.0. The van der Waals surface area contributed by atoms with Gasteiger partial charge in [0.15, 0.2) is 0 Å². The second-order valence-corrected chi connectivity index (χ2v) is 6.65. The smallest absolute Gasteiger partial charge is 0.0593 e. The average Bonchev–Trinajstić information content (AvgIpc) is 3.03. The molecule has 1 rings (SSSR count). The summed E-state index contributed by atoms with van der Waals surface area (Å²) in [4.78, 5) is 2.35. The largest absolute Gasteiger partial charge is 0.380 e. The van der Waals surface area contributed by atoms with E-state index in [2.05, 4.69) is 32.7 Å². The van der Waals surface area contributed by atoms with Gasteiger partial charge in [0.25, 0.3) is 0 Å². The first-order valence-electron chi connectivity index (χ1n) is 6.90. The number of ether oxygens (including phenoxy) is 1. The molecule has 0 heterocycles. The van der Waals surface area contributed by atoms with Crippen molar-refractivity contribution in [3.05, 3.63) is 0 Å². The van der Waals surface area contributed by atoms with E-state index in [0.29, 0.717) is 11.5 Å². The van der Waals surface area contributed by atoms with Crippen molar-refractivity contribution >= 4 is 0 Å². The number of hydrogen-bond acceptors (Lipinski definition) is 3. The maximum atomic E-state index is 5.86. The fourth-order valence-corrected chi connectivity index (χ4v) is 2.05. The standard InChI is InChI=1S/C14H30N2O/c1-14(2,3)9-13(10-15)16(4)7-8-17-11-12-5-6-12/h12-13H,5-11,15H2,1-4H3. The number of rotatable bonds is 8. The van der Waals surface area contributed by atoms with Gasteiger partial charge in [-0.15, -0.1) is 0 Å². The summed E-state index contributed by atoms with van der Waals surface area (Å²) in [7, 11) is 2.16. The molecule has 2 N–H and O–H groups in total. The van der Waals surface area contributed by atoms with Crippen molar-refractivity contribution in [3.63, 3.8) is 0 Å². The van der Waals surface area contributed by atoms with Crippen LogP contribution in [0.3, 0.4) is 0 Å². The van der Waals surface area contributed by atoms with Crippen molar-refractivity contribution in [1.29, 1.82) is 0 Å². The highest BCUT2D eigenvalue weighted by Gasteiger charge is 2.22. The molecule has 17 heavy (non-hydrogen) atoms. The lowest BCUT2D eigenvalue weighted by Crippen LogP contribution is -2.42. The van der Waals surface area contributed by atoms with Crippen LogP contribution in [0.25, 0.3) is 0 Å². The van der Waals surface area contributed by atoms with Gasteiger partial charge in [-0.25, -0.2) is 0 Å². The van der Waals surface area contributed by atoms with Gasteiger partial charge in [0.1, 0.15) is 0 Å². The van der Waals surface area contributed by atoms with Gasteiger partial charge in [0, 0.05) is 25.7 Å². The van der Waals surface area contributed by atoms with E-state index in [0.717, 1.165) is 38.6 Å². The van der Waals surface area contributed by atoms with Crippen LogP contribution in [0, 0.1) is 11.3 Å². The highest BCUT2D eigenvalue weighted by molar-refractivity contribution is 4.77. The molecule has 102 valence electrons. The molecular weight excluding hydrogens is 212 g/mol.